The van der Waals surface area contributed by atoms with Gasteiger partial charge in [0, 0.05) is 45.0 Å². The fraction of sp³-hybridized carbons (Fsp3) is 0.562. The Kier molecular flexibility index (Phi) is 5.59. The number of piperazine rings is 1. The average Bonchev–Trinajstić information content (AvgIpc) is 2.48. The van der Waals surface area contributed by atoms with E-state index in [2.05, 4.69) is 10.2 Å². The zero-order chi connectivity index (χ0) is 15.2. The SMILES string of the molecule is CCNc1cc(C)ccc1C(=O)N1CCN(CCO)CC1. The molecule has 1 saturated heterocycles. The number of benzene rings is 1. The zero-order valence-corrected chi connectivity index (χ0v) is 12.9. The second kappa shape index (κ2) is 7.43. The highest BCUT2D eigenvalue weighted by atomic mass is 16.3. The minimum atomic E-state index is 0.0922. The first kappa shape index (κ1) is 15.8. The monoisotopic (exact) mass is 291 g/mol. The molecular weight excluding hydrogens is 266 g/mol. The first-order chi connectivity index (χ1) is 10.2. The van der Waals surface area contributed by atoms with Crippen LogP contribution < -0.4 is 5.32 Å². The fourth-order valence-electron chi connectivity index (χ4n) is 2.67. The summed E-state index contributed by atoms with van der Waals surface area (Å²) in [7, 11) is 0. The number of anilines is 1. The van der Waals surface area contributed by atoms with Gasteiger partial charge in [0.15, 0.2) is 0 Å². The summed E-state index contributed by atoms with van der Waals surface area (Å²) in [5.74, 6) is 0.0922. The van der Waals surface area contributed by atoms with Crippen molar-refractivity contribution in [3.63, 3.8) is 0 Å². The van der Waals surface area contributed by atoms with Crippen molar-refractivity contribution >= 4 is 11.6 Å². The summed E-state index contributed by atoms with van der Waals surface area (Å²) in [6.45, 7) is 8.83. The Morgan fingerprint density at radius 2 is 2.00 bits per heavy atom. The van der Waals surface area contributed by atoms with Crippen molar-refractivity contribution < 1.29 is 9.90 Å². The highest BCUT2D eigenvalue weighted by Crippen LogP contribution is 2.20. The van der Waals surface area contributed by atoms with E-state index in [1.807, 2.05) is 36.9 Å². The second-order valence-electron chi connectivity index (χ2n) is 5.44. The van der Waals surface area contributed by atoms with Crippen molar-refractivity contribution in [1.29, 1.82) is 0 Å². The number of amides is 1. The molecule has 0 aliphatic carbocycles. The van der Waals surface area contributed by atoms with Crippen molar-refractivity contribution in [3.05, 3.63) is 29.3 Å². The van der Waals surface area contributed by atoms with Crippen LogP contribution in [0.1, 0.15) is 22.8 Å². The van der Waals surface area contributed by atoms with Crippen LogP contribution in [0.3, 0.4) is 0 Å². The number of hydrogen-bond donors (Lipinski definition) is 2. The highest BCUT2D eigenvalue weighted by Gasteiger charge is 2.23. The number of aryl methyl sites for hydroxylation is 1. The van der Waals surface area contributed by atoms with Crippen LogP contribution in [0.15, 0.2) is 18.2 Å². The summed E-state index contributed by atoms with van der Waals surface area (Å²) in [6.07, 6.45) is 0. The molecule has 21 heavy (non-hydrogen) atoms. The highest BCUT2D eigenvalue weighted by molar-refractivity contribution is 5.99. The lowest BCUT2D eigenvalue weighted by Gasteiger charge is -2.34. The molecule has 1 aliphatic rings. The van der Waals surface area contributed by atoms with Gasteiger partial charge in [-0.05, 0) is 31.5 Å². The minimum Gasteiger partial charge on any atom is -0.395 e. The molecule has 0 bridgehead atoms. The molecule has 1 aromatic carbocycles. The third-order valence-corrected chi connectivity index (χ3v) is 3.85. The third kappa shape index (κ3) is 3.95. The molecule has 0 spiro atoms. The van der Waals surface area contributed by atoms with E-state index in [4.69, 9.17) is 5.11 Å². The Labute approximate surface area is 126 Å². The van der Waals surface area contributed by atoms with Crippen LogP contribution in [0.2, 0.25) is 0 Å². The van der Waals surface area contributed by atoms with Gasteiger partial charge < -0.3 is 15.3 Å². The number of aliphatic hydroxyl groups excluding tert-OH is 1. The molecule has 0 saturated carbocycles. The molecular formula is C16H25N3O2. The summed E-state index contributed by atoms with van der Waals surface area (Å²) in [5, 5.41) is 12.2. The topological polar surface area (TPSA) is 55.8 Å². The minimum absolute atomic E-state index is 0.0922. The number of carbonyl (C=O) groups excluding carboxylic acids is 1. The van der Waals surface area contributed by atoms with Gasteiger partial charge in [-0.1, -0.05) is 6.07 Å². The van der Waals surface area contributed by atoms with Gasteiger partial charge in [0.2, 0.25) is 0 Å². The van der Waals surface area contributed by atoms with Gasteiger partial charge >= 0.3 is 0 Å². The first-order valence-electron chi connectivity index (χ1n) is 7.62. The van der Waals surface area contributed by atoms with Gasteiger partial charge in [0.05, 0.1) is 12.2 Å². The molecule has 116 valence electrons. The van der Waals surface area contributed by atoms with Crippen LogP contribution in [0, 0.1) is 6.92 Å². The Morgan fingerprint density at radius 3 is 2.62 bits per heavy atom. The van der Waals surface area contributed by atoms with E-state index < -0.39 is 0 Å². The summed E-state index contributed by atoms with van der Waals surface area (Å²) in [6, 6.07) is 5.92. The number of aliphatic hydroxyl groups is 1. The number of carbonyl (C=O) groups is 1. The third-order valence-electron chi connectivity index (χ3n) is 3.85. The predicted octanol–water partition coefficient (Wildman–Crippen LogP) is 1.18. The Balaban J connectivity index is 2.07. The van der Waals surface area contributed by atoms with Crippen molar-refractivity contribution in [3.8, 4) is 0 Å². The van der Waals surface area contributed by atoms with Crippen molar-refractivity contribution in [2.75, 3.05) is 51.2 Å². The molecule has 1 fully saturated rings. The van der Waals surface area contributed by atoms with Crippen LogP contribution in [0.25, 0.3) is 0 Å². The molecule has 0 radical (unpaired) electrons. The lowest BCUT2D eigenvalue weighted by Crippen LogP contribution is -2.49. The van der Waals surface area contributed by atoms with E-state index in [0.29, 0.717) is 6.54 Å². The molecule has 0 aromatic heterocycles. The lowest BCUT2D eigenvalue weighted by molar-refractivity contribution is 0.0616. The second-order valence-corrected chi connectivity index (χ2v) is 5.44. The summed E-state index contributed by atoms with van der Waals surface area (Å²) in [5.41, 5.74) is 2.81. The van der Waals surface area contributed by atoms with E-state index in [-0.39, 0.29) is 12.5 Å². The quantitative estimate of drug-likeness (QED) is 0.855. The summed E-state index contributed by atoms with van der Waals surface area (Å²) in [4.78, 5) is 16.8. The van der Waals surface area contributed by atoms with Gasteiger partial charge in [-0.15, -0.1) is 0 Å². The first-order valence-corrected chi connectivity index (χ1v) is 7.62. The number of nitrogens with zero attached hydrogens (tertiary/aromatic N) is 2. The van der Waals surface area contributed by atoms with Crippen molar-refractivity contribution in [2.24, 2.45) is 0 Å². The predicted molar refractivity (Wildman–Crippen MR) is 84.8 cm³/mol. The number of hydrogen-bond acceptors (Lipinski definition) is 4. The van der Waals surface area contributed by atoms with E-state index >= 15 is 0 Å². The van der Waals surface area contributed by atoms with Crippen LogP contribution in [0.4, 0.5) is 5.69 Å². The van der Waals surface area contributed by atoms with Gasteiger partial charge in [-0.25, -0.2) is 0 Å². The van der Waals surface area contributed by atoms with Crippen LogP contribution in [-0.2, 0) is 0 Å². The van der Waals surface area contributed by atoms with Gasteiger partial charge in [0.25, 0.3) is 5.91 Å². The van der Waals surface area contributed by atoms with Crippen LogP contribution >= 0.6 is 0 Å². The summed E-state index contributed by atoms with van der Waals surface area (Å²) >= 11 is 0. The Morgan fingerprint density at radius 1 is 1.29 bits per heavy atom. The molecule has 1 aliphatic heterocycles. The van der Waals surface area contributed by atoms with E-state index in [0.717, 1.165) is 49.5 Å². The Hall–Kier alpha value is -1.59. The molecule has 1 heterocycles. The fourth-order valence-corrected chi connectivity index (χ4v) is 2.67. The maximum Gasteiger partial charge on any atom is 0.256 e. The van der Waals surface area contributed by atoms with Gasteiger partial charge in [-0.2, -0.15) is 0 Å². The van der Waals surface area contributed by atoms with Gasteiger partial charge in [0.1, 0.15) is 0 Å². The number of nitrogens with one attached hydrogen (secondary N) is 1. The molecule has 2 rings (SSSR count). The van der Waals surface area contributed by atoms with Crippen LogP contribution in [0.5, 0.6) is 0 Å². The average molecular weight is 291 g/mol. The smallest absolute Gasteiger partial charge is 0.256 e. The molecule has 2 N–H and O–H groups in total. The normalized spacial score (nSPS) is 16.0. The number of rotatable bonds is 5. The molecule has 5 nitrogen and oxygen atoms in total. The molecule has 5 heteroatoms. The van der Waals surface area contributed by atoms with Gasteiger partial charge in [-0.3, -0.25) is 9.69 Å². The van der Waals surface area contributed by atoms with Crippen LogP contribution in [-0.4, -0.2) is 66.7 Å². The maximum absolute atomic E-state index is 12.7. The summed E-state index contributed by atoms with van der Waals surface area (Å²) < 4.78 is 0. The van der Waals surface area contributed by atoms with Crippen molar-refractivity contribution in [2.45, 2.75) is 13.8 Å². The van der Waals surface area contributed by atoms with Crippen molar-refractivity contribution in [1.82, 2.24) is 9.80 Å². The molecule has 1 aromatic rings. The largest absolute Gasteiger partial charge is 0.395 e. The molecule has 0 atom stereocenters. The Bertz CT molecular complexity index is 482. The van der Waals surface area contributed by atoms with E-state index in [1.165, 1.54) is 0 Å². The zero-order valence-electron chi connectivity index (χ0n) is 12.9. The van der Waals surface area contributed by atoms with E-state index in [9.17, 15) is 4.79 Å². The lowest BCUT2D eigenvalue weighted by atomic mass is 10.1. The number of β-amino-alcohol motifs (C(OH)–C–C–N with tert-alkyl or cyclic N) is 1. The maximum atomic E-state index is 12.7. The molecule has 0 unspecified atom stereocenters. The molecule has 1 amide bonds. The van der Waals surface area contributed by atoms with E-state index in [1.54, 1.807) is 0 Å². The standard InChI is InChI=1S/C16H25N3O2/c1-3-17-15-12-13(2)4-5-14(15)16(21)19-8-6-18(7-9-19)10-11-20/h4-5,12,17,20H,3,6-11H2,1-2H3.